The number of nitrogens with two attached hydrogens (primary N) is 1. The number of primary amides is 1. The van der Waals surface area contributed by atoms with Gasteiger partial charge in [-0.1, -0.05) is 28.9 Å². The number of hydrogen-bond donors (Lipinski definition) is 1. The van der Waals surface area contributed by atoms with Crippen LogP contribution in [0.5, 0.6) is 0 Å². The summed E-state index contributed by atoms with van der Waals surface area (Å²) in [6.45, 7) is 3.32. The number of hydrogen-bond acceptors (Lipinski definition) is 7. The zero-order chi connectivity index (χ0) is 22.8. The lowest BCUT2D eigenvalue weighted by molar-refractivity contribution is -0.122. The van der Waals surface area contributed by atoms with Crippen molar-refractivity contribution in [2.24, 2.45) is 11.7 Å². The SMILES string of the molecule is NC(=O)C1CCN(c2cc(-c3noc([C@@H]4CCCN4Cc4ccc(Cl)cc4)n3)ccn2)CC1. The maximum Gasteiger partial charge on any atom is 0.244 e. The van der Waals surface area contributed by atoms with E-state index in [1.165, 1.54) is 5.56 Å². The largest absolute Gasteiger partial charge is 0.369 e. The lowest BCUT2D eigenvalue weighted by atomic mass is 9.96. The molecule has 2 saturated heterocycles. The number of carbonyl (C=O) groups is 1. The molecule has 5 rings (SSSR count). The number of carbonyl (C=O) groups excluding carboxylic acids is 1. The summed E-state index contributed by atoms with van der Waals surface area (Å²) in [7, 11) is 0. The third-order valence-corrected chi connectivity index (χ3v) is 6.87. The molecule has 33 heavy (non-hydrogen) atoms. The molecular weight excluding hydrogens is 440 g/mol. The third-order valence-electron chi connectivity index (χ3n) is 6.61. The number of anilines is 1. The first kappa shape index (κ1) is 21.9. The summed E-state index contributed by atoms with van der Waals surface area (Å²) < 4.78 is 5.71. The normalized spacial score (nSPS) is 19.8. The molecule has 0 spiro atoms. The van der Waals surface area contributed by atoms with Crippen LogP contribution in [0.25, 0.3) is 11.4 Å². The summed E-state index contributed by atoms with van der Waals surface area (Å²) >= 11 is 6.02. The van der Waals surface area contributed by atoms with E-state index in [2.05, 4.69) is 32.1 Å². The molecule has 4 heterocycles. The molecule has 2 aliphatic rings. The Balaban J connectivity index is 1.29. The first-order valence-electron chi connectivity index (χ1n) is 11.4. The van der Waals surface area contributed by atoms with Crippen LogP contribution < -0.4 is 10.6 Å². The van der Waals surface area contributed by atoms with Gasteiger partial charge in [-0.05, 0) is 62.1 Å². The van der Waals surface area contributed by atoms with E-state index in [0.29, 0.717) is 11.7 Å². The molecule has 2 N–H and O–H groups in total. The molecule has 2 fully saturated rings. The number of pyridine rings is 1. The first-order valence-corrected chi connectivity index (χ1v) is 11.8. The van der Waals surface area contributed by atoms with Crippen molar-refractivity contribution in [3.63, 3.8) is 0 Å². The monoisotopic (exact) mass is 466 g/mol. The van der Waals surface area contributed by atoms with Gasteiger partial charge in [-0.3, -0.25) is 9.69 Å². The van der Waals surface area contributed by atoms with Gasteiger partial charge in [-0.25, -0.2) is 4.98 Å². The second kappa shape index (κ2) is 9.49. The fourth-order valence-electron chi connectivity index (χ4n) is 4.73. The molecule has 9 heteroatoms. The minimum absolute atomic E-state index is 0.0496. The third kappa shape index (κ3) is 4.86. The molecule has 2 aromatic heterocycles. The van der Waals surface area contributed by atoms with Crippen molar-refractivity contribution < 1.29 is 9.32 Å². The fraction of sp³-hybridized carbons (Fsp3) is 0.417. The van der Waals surface area contributed by atoms with Gasteiger partial charge in [0.15, 0.2) is 0 Å². The number of amides is 1. The van der Waals surface area contributed by atoms with Gasteiger partial charge in [0.2, 0.25) is 17.6 Å². The molecule has 0 saturated carbocycles. The smallest absolute Gasteiger partial charge is 0.244 e. The summed E-state index contributed by atoms with van der Waals surface area (Å²) in [6, 6.07) is 11.9. The zero-order valence-electron chi connectivity index (χ0n) is 18.4. The number of piperidine rings is 1. The van der Waals surface area contributed by atoms with Crippen LogP contribution in [0.3, 0.4) is 0 Å². The summed E-state index contributed by atoms with van der Waals surface area (Å²) in [6.07, 6.45) is 5.35. The Hall–Kier alpha value is -2.97. The molecule has 3 aromatic rings. The van der Waals surface area contributed by atoms with Gasteiger partial charge in [0.25, 0.3) is 0 Å². The Kier molecular flexibility index (Phi) is 6.28. The van der Waals surface area contributed by atoms with Gasteiger partial charge >= 0.3 is 0 Å². The number of nitrogens with zero attached hydrogens (tertiary/aromatic N) is 5. The van der Waals surface area contributed by atoms with Gasteiger partial charge in [0, 0.05) is 42.3 Å². The van der Waals surface area contributed by atoms with Crippen molar-refractivity contribution >= 4 is 23.3 Å². The second-order valence-electron chi connectivity index (χ2n) is 8.78. The Bertz CT molecular complexity index is 1110. The molecular formula is C24H27ClN6O2. The highest BCUT2D eigenvalue weighted by molar-refractivity contribution is 6.30. The van der Waals surface area contributed by atoms with Crippen LogP contribution >= 0.6 is 11.6 Å². The Labute approximate surface area is 197 Å². The van der Waals surface area contributed by atoms with E-state index in [4.69, 9.17) is 26.8 Å². The molecule has 2 aliphatic heterocycles. The Morgan fingerprint density at radius 3 is 2.67 bits per heavy atom. The molecule has 0 bridgehead atoms. The van der Waals surface area contributed by atoms with Gasteiger partial charge in [-0.15, -0.1) is 0 Å². The summed E-state index contributed by atoms with van der Waals surface area (Å²) in [5.74, 6) is 1.81. The average molecular weight is 467 g/mol. The summed E-state index contributed by atoms with van der Waals surface area (Å²) in [5, 5.41) is 5.01. The van der Waals surface area contributed by atoms with E-state index in [1.54, 1.807) is 6.20 Å². The van der Waals surface area contributed by atoms with E-state index >= 15 is 0 Å². The van der Waals surface area contributed by atoms with Crippen LogP contribution in [0.15, 0.2) is 47.1 Å². The van der Waals surface area contributed by atoms with E-state index in [-0.39, 0.29) is 17.9 Å². The lowest BCUT2D eigenvalue weighted by Gasteiger charge is -2.31. The Morgan fingerprint density at radius 2 is 1.91 bits per heavy atom. The molecule has 0 unspecified atom stereocenters. The van der Waals surface area contributed by atoms with E-state index in [9.17, 15) is 4.79 Å². The Morgan fingerprint density at radius 1 is 1.12 bits per heavy atom. The van der Waals surface area contributed by atoms with Crippen LogP contribution in [-0.2, 0) is 11.3 Å². The van der Waals surface area contributed by atoms with E-state index in [0.717, 1.165) is 68.3 Å². The van der Waals surface area contributed by atoms with Crippen LogP contribution in [0.1, 0.15) is 43.2 Å². The van der Waals surface area contributed by atoms with E-state index in [1.807, 2.05) is 24.3 Å². The molecule has 1 aromatic carbocycles. The maximum absolute atomic E-state index is 11.4. The second-order valence-corrected chi connectivity index (χ2v) is 9.21. The summed E-state index contributed by atoms with van der Waals surface area (Å²) in [4.78, 5) is 25.2. The number of aromatic nitrogens is 3. The lowest BCUT2D eigenvalue weighted by Crippen LogP contribution is -2.38. The molecule has 172 valence electrons. The highest BCUT2D eigenvalue weighted by Gasteiger charge is 2.31. The fourth-order valence-corrected chi connectivity index (χ4v) is 4.86. The van der Waals surface area contributed by atoms with Crippen molar-refractivity contribution in [1.82, 2.24) is 20.0 Å². The number of rotatable bonds is 6. The minimum atomic E-state index is -0.215. The van der Waals surface area contributed by atoms with E-state index < -0.39 is 0 Å². The molecule has 1 atom stereocenters. The first-order chi connectivity index (χ1) is 16.1. The van der Waals surface area contributed by atoms with Crippen LogP contribution in [0.2, 0.25) is 5.02 Å². The van der Waals surface area contributed by atoms with Gasteiger partial charge < -0.3 is 15.2 Å². The van der Waals surface area contributed by atoms with Crippen LogP contribution in [-0.4, -0.2) is 45.6 Å². The molecule has 1 amide bonds. The van der Waals surface area contributed by atoms with Crippen molar-refractivity contribution in [2.75, 3.05) is 24.5 Å². The molecule has 0 radical (unpaired) electrons. The van der Waals surface area contributed by atoms with Gasteiger partial charge in [-0.2, -0.15) is 4.98 Å². The van der Waals surface area contributed by atoms with Crippen LogP contribution in [0.4, 0.5) is 5.82 Å². The average Bonchev–Trinajstić information content (AvgIpc) is 3.50. The predicted octanol–water partition coefficient (Wildman–Crippen LogP) is 3.82. The quantitative estimate of drug-likeness (QED) is 0.589. The van der Waals surface area contributed by atoms with Crippen molar-refractivity contribution in [3.05, 3.63) is 59.1 Å². The topological polar surface area (TPSA) is 101 Å². The highest BCUT2D eigenvalue weighted by Crippen LogP contribution is 2.34. The predicted molar refractivity (Wildman–Crippen MR) is 125 cm³/mol. The number of benzene rings is 1. The zero-order valence-corrected chi connectivity index (χ0v) is 19.1. The van der Waals surface area contributed by atoms with Gasteiger partial charge in [0.1, 0.15) is 5.82 Å². The van der Waals surface area contributed by atoms with Crippen molar-refractivity contribution in [1.29, 1.82) is 0 Å². The van der Waals surface area contributed by atoms with Crippen molar-refractivity contribution in [3.8, 4) is 11.4 Å². The molecule has 0 aliphatic carbocycles. The minimum Gasteiger partial charge on any atom is -0.369 e. The summed E-state index contributed by atoms with van der Waals surface area (Å²) in [5.41, 5.74) is 7.54. The standard InChI is InChI=1S/C24H27ClN6O2/c25-19-5-3-16(4-6-19)15-31-11-1-2-20(31)24-28-23(29-33-24)18-7-10-27-21(14-18)30-12-8-17(9-13-30)22(26)32/h3-7,10,14,17,20H,1-2,8-9,11-13,15H2,(H2,26,32)/t20-/m0/s1. The number of likely N-dealkylation sites (tertiary alicyclic amines) is 1. The highest BCUT2D eigenvalue weighted by atomic mass is 35.5. The maximum atomic E-state index is 11.4. The number of halogens is 1. The van der Waals surface area contributed by atoms with Crippen molar-refractivity contribution in [2.45, 2.75) is 38.3 Å². The molecule has 8 nitrogen and oxygen atoms in total. The van der Waals surface area contributed by atoms with Crippen LogP contribution in [0, 0.1) is 5.92 Å². The van der Waals surface area contributed by atoms with Gasteiger partial charge in [0.05, 0.1) is 6.04 Å².